The molecule has 2 aromatic rings. The molecule has 1 aromatic heterocycles. The summed E-state index contributed by atoms with van der Waals surface area (Å²) >= 11 is 3.58. The molecule has 2 aliphatic rings. The predicted octanol–water partition coefficient (Wildman–Crippen LogP) is 4.46. The van der Waals surface area contributed by atoms with E-state index < -0.39 is 0 Å². The lowest BCUT2D eigenvalue weighted by atomic mass is 10.00. The van der Waals surface area contributed by atoms with Crippen LogP contribution in [-0.2, 0) is 13.0 Å². The second-order valence-corrected chi connectivity index (χ2v) is 7.78. The van der Waals surface area contributed by atoms with Gasteiger partial charge in [-0.05, 0) is 49.4 Å². The Kier molecular flexibility index (Phi) is 4.44. The van der Waals surface area contributed by atoms with Gasteiger partial charge in [-0.3, -0.25) is 0 Å². The summed E-state index contributed by atoms with van der Waals surface area (Å²) in [5.74, 6) is 2.85. The zero-order chi connectivity index (χ0) is 16.5. The van der Waals surface area contributed by atoms with E-state index in [2.05, 4.69) is 55.4 Å². The van der Waals surface area contributed by atoms with Crippen LogP contribution >= 0.6 is 15.9 Å². The Morgan fingerprint density at radius 3 is 2.79 bits per heavy atom. The first-order chi connectivity index (χ1) is 11.7. The van der Waals surface area contributed by atoms with Gasteiger partial charge in [0.15, 0.2) is 0 Å². The van der Waals surface area contributed by atoms with Gasteiger partial charge < -0.3 is 10.2 Å². The molecule has 0 unspecified atom stereocenters. The molecule has 0 saturated heterocycles. The summed E-state index contributed by atoms with van der Waals surface area (Å²) in [5.41, 5.74) is 2.83. The van der Waals surface area contributed by atoms with Crippen LogP contribution in [0.5, 0.6) is 0 Å². The molecule has 24 heavy (non-hydrogen) atoms. The Morgan fingerprint density at radius 2 is 1.96 bits per heavy atom. The molecule has 1 N–H and O–H groups in total. The van der Waals surface area contributed by atoms with Crippen LogP contribution in [0.2, 0.25) is 0 Å². The quantitative estimate of drug-likeness (QED) is 0.844. The van der Waals surface area contributed by atoms with Crippen LogP contribution in [-0.4, -0.2) is 22.6 Å². The van der Waals surface area contributed by atoms with Gasteiger partial charge in [0, 0.05) is 29.7 Å². The number of nitrogens with zero attached hydrogens (tertiary/aromatic N) is 3. The van der Waals surface area contributed by atoms with Crippen LogP contribution in [0.15, 0.2) is 28.7 Å². The van der Waals surface area contributed by atoms with Gasteiger partial charge in [-0.15, -0.1) is 0 Å². The Bertz CT molecular complexity index is 740. The summed E-state index contributed by atoms with van der Waals surface area (Å²) < 4.78 is 1.14. The first-order valence-electron chi connectivity index (χ1n) is 8.82. The highest BCUT2D eigenvalue weighted by Gasteiger charge is 2.20. The van der Waals surface area contributed by atoms with Gasteiger partial charge in [0.1, 0.15) is 17.5 Å². The Balaban J connectivity index is 1.56. The zero-order valence-corrected chi connectivity index (χ0v) is 15.6. The molecule has 1 aromatic carbocycles. The number of hydrogen-bond donors (Lipinski definition) is 1. The molecule has 1 aliphatic heterocycles. The van der Waals surface area contributed by atoms with Crippen LogP contribution in [0, 0.1) is 6.92 Å². The molecule has 1 fully saturated rings. The molecule has 0 amide bonds. The molecule has 0 atom stereocenters. The number of fused-ring (bicyclic) bond motifs is 1. The Hall–Kier alpha value is -1.62. The highest BCUT2D eigenvalue weighted by Crippen LogP contribution is 2.28. The molecule has 1 saturated carbocycles. The molecule has 5 heteroatoms. The van der Waals surface area contributed by atoms with Gasteiger partial charge >= 0.3 is 0 Å². The van der Waals surface area contributed by atoms with Crippen molar-refractivity contribution in [2.24, 2.45) is 0 Å². The highest BCUT2D eigenvalue weighted by molar-refractivity contribution is 9.10. The Morgan fingerprint density at radius 1 is 1.12 bits per heavy atom. The smallest absolute Gasteiger partial charge is 0.134 e. The fourth-order valence-electron chi connectivity index (χ4n) is 3.79. The lowest BCUT2D eigenvalue weighted by Crippen LogP contribution is -2.31. The van der Waals surface area contributed by atoms with E-state index in [-0.39, 0.29) is 0 Å². The SMILES string of the molecule is Cc1nc(NC2CCCC2)cc(N2CCc3ccc(Br)cc3C2)n1. The molecule has 126 valence electrons. The number of aromatic nitrogens is 2. The summed E-state index contributed by atoms with van der Waals surface area (Å²) in [5, 5.41) is 3.60. The minimum Gasteiger partial charge on any atom is -0.367 e. The number of hydrogen-bond acceptors (Lipinski definition) is 4. The fourth-order valence-corrected chi connectivity index (χ4v) is 4.20. The van der Waals surface area contributed by atoms with Crippen molar-refractivity contribution in [3.63, 3.8) is 0 Å². The largest absolute Gasteiger partial charge is 0.367 e. The molecular weight excluding hydrogens is 364 g/mol. The number of halogens is 1. The van der Waals surface area contributed by atoms with Crippen molar-refractivity contribution in [1.82, 2.24) is 9.97 Å². The predicted molar refractivity (Wildman–Crippen MR) is 102 cm³/mol. The van der Waals surface area contributed by atoms with Crippen molar-refractivity contribution >= 4 is 27.6 Å². The topological polar surface area (TPSA) is 41.1 Å². The third kappa shape index (κ3) is 3.41. The average Bonchev–Trinajstić information content (AvgIpc) is 3.06. The summed E-state index contributed by atoms with van der Waals surface area (Å²) in [6.07, 6.45) is 6.23. The molecule has 0 spiro atoms. The van der Waals surface area contributed by atoms with Gasteiger partial charge in [-0.1, -0.05) is 34.8 Å². The highest BCUT2D eigenvalue weighted by atomic mass is 79.9. The normalized spacial score (nSPS) is 17.8. The van der Waals surface area contributed by atoms with Gasteiger partial charge in [-0.2, -0.15) is 0 Å². The van der Waals surface area contributed by atoms with E-state index in [1.165, 1.54) is 36.8 Å². The van der Waals surface area contributed by atoms with E-state index in [0.717, 1.165) is 41.4 Å². The minimum atomic E-state index is 0.574. The standard InChI is InChI=1S/C19H23BrN4/c1-13-21-18(23-17-4-2-3-5-17)11-19(22-13)24-9-8-14-6-7-16(20)10-15(14)12-24/h6-7,10-11,17H,2-5,8-9,12H2,1H3,(H,21,22,23). The number of aryl methyl sites for hydroxylation is 1. The van der Waals surface area contributed by atoms with E-state index in [9.17, 15) is 0 Å². The first kappa shape index (κ1) is 15.9. The number of benzene rings is 1. The van der Waals surface area contributed by atoms with Crippen molar-refractivity contribution < 1.29 is 0 Å². The monoisotopic (exact) mass is 386 g/mol. The molecule has 1 aliphatic carbocycles. The fraction of sp³-hybridized carbons (Fsp3) is 0.474. The van der Waals surface area contributed by atoms with Crippen molar-refractivity contribution in [2.45, 2.75) is 51.6 Å². The Labute approximate surface area is 151 Å². The van der Waals surface area contributed by atoms with Crippen LogP contribution in [0.1, 0.15) is 42.6 Å². The van der Waals surface area contributed by atoms with E-state index in [1.807, 2.05) is 6.92 Å². The number of nitrogens with one attached hydrogen (secondary N) is 1. The summed E-state index contributed by atoms with van der Waals surface area (Å²) in [4.78, 5) is 11.6. The van der Waals surface area contributed by atoms with Crippen molar-refractivity contribution in [3.05, 3.63) is 45.7 Å². The molecule has 0 bridgehead atoms. The van der Waals surface area contributed by atoms with Crippen LogP contribution in [0.4, 0.5) is 11.6 Å². The lowest BCUT2D eigenvalue weighted by molar-refractivity contribution is 0.713. The van der Waals surface area contributed by atoms with Crippen molar-refractivity contribution in [1.29, 1.82) is 0 Å². The average molecular weight is 387 g/mol. The number of rotatable bonds is 3. The van der Waals surface area contributed by atoms with E-state index in [1.54, 1.807) is 0 Å². The summed E-state index contributed by atoms with van der Waals surface area (Å²) in [7, 11) is 0. The van der Waals surface area contributed by atoms with Crippen LogP contribution in [0.25, 0.3) is 0 Å². The molecule has 4 nitrogen and oxygen atoms in total. The van der Waals surface area contributed by atoms with E-state index in [0.29, 0.717) is 6.04 Å². The first-order valence-corrected chi connectivity index (χ1v) is 9.61. The maximum absolute atomic E-state index is 4.69. The lowest BCUT2D eigenvalue weighted by Gasteiger charge is -2.30. The number of anilines is 2. The maximum Gasteiger partial charge on any atom is 0.134 e. The van der Waals surface area contributed by atoms with Gasteiger partial charge in [0.25, 0.3) is 0 Å². The van der Waals surface area contributed by atoms with Gasteiger partial charge in [-0.25, -0.2) is 9.97 Å². The van der Waals surface area contributed by atoms with E-state index in [4.69, 9.17) is 4.98 Å². The summed E-state index contributed by atoms with van der Waals surface area (Å²) in [6.45, 7) is 3.90. The zero-order valence-electron chi connectivity index (χ0n) is 14.1. The third-order valence-electron chi connectivity index (χ3n) is 5.04. The molecular formula is C19H23BrN4. The second kappa shape index (κ2) is 6.71. The van der Waals surface area contributed by atoms with Gasteiger partial charge in [0.2, 0.25) is 0 Å². The molecule has 2 heterocycles. The summed E-state index contributed by atoms with van der Waals surface area (Å²) in [6, 6.07) is 9.29. The van der Waals surface area contributed by atoms with E-state index >= 15 is 0 Å². The minimum absolute atomic E-state index is 0.574. The molecule has 4 rings (SSSR count). The van der Waals surface area contributed by atoms with Crippen molar-refractivity contribution in [2.75, 3.05) is 16.8 Å². The third-order valence-corrected chi connectivity index (χ3v) is 5.53. The molecule has 0 radical (unpaired) electrons. The maximum atomic E-state index is 4.69. The second-order valence-electron chi connectivity index (χ2n) is 6.87. The van der Waals surface area contributed by atoms with Crippen LogP contribution < -0.4 is 10.2 Å². The van der Waals surface area contributed by atoms with Crippen molar-refractivity contribution in [3.8, 4) is 0 Å². The van der Waals surface area contributed by atoms with Gasteiger partial charge in [0.05, 0.1) is 0 Å². The van der Waals surface area contributed by atoms with Crippen LogP contribution in [0.3, 0.4) is 0 Å².